The Hall–Kier alpha value is -1.68. The lowest BCUT2D eigenvalue weighted by Gasteiger charge is -2.02. The third kappa shape index (κ3) is 3.40. The summed E-state index contributed by atoms with van der Waals surface area (Å²) in [6.45, 7) is 1.99. The highest BCUT2D eigenvalue weighted by Crippen LogP contribution is 2.09. The number of rotatable bonds is 5. The van der Waals surface area contributed by atoms with Gasteiger partial charge in [-0.25, -0.2) is 0 Å². The second-order valence-electron chi connectivity index (χ2n) is 4.12. The van der Waals surface area contributed by atoms with Crippen molar-refractivity contribution in [1.82, 2.24) is 0 Å². The first kappa shape index (κ1) is 12.8. The molecule has 0 amide bonds. The zero-order valence-corrected chi connectivity index (χ0v) is 10.9. The fourth-order valence-corrected chi connectivity index (χ4v) is 2.78. The van der Waals surface area contributed by atoms with Gasteiger partial charge in [0.05, 0.1) is 12.0 Å². The predicted molar refractivity (Wildman–Crippen MR) is 70.9 cm³/mol. The molecule has 94 valence electrons. The number of Topliss-reactive ketones (excluding diaryl/α,β-unsaturated/α-hetero) is 1. The largest absolute Gasteiger partial charge is 0.461 e. The molecule has 0 spiro atoms. The number of aryl methyl sites for hydroxylation is 1. The highest BCUT2D eigenvalue weighted by atomic mass is 32.2. The Balaban J connectivity index is 1.95. The van der Waals surface area contributed by atoms with Crippen LogP contribution < -0.4 is 0 Å². The Morgan fingerprint density at radius 1 is 1.28 bits per heavy atom. The van der Waals surface area contributed by atoms with E-state index in [-0.39, 0.29) is 17.3 Å². The van der Waals surface area contributed by atoms with E-state index in [0.29, 0.717) is 5.75 Å². The maximum atomic E-state index is 11.9. The Labute approximate surface area is 108 Å². The van der Waals surface area contributed by atoms with Crippen LogP contribution in [0, 0.1) is 6.92 Å². The summed E-state index contributed by atoms with van der Waals surface area (Å²) in [6, 6.07) is 11.1. The van der Waals surface area contributed by atoms with Gasteiger partial charge in [-0.15, -0.1) is 0 Å². The molecule has 0 radical (unpaired) electrons. The standard InChI is InChI=1S/C14H14O3S/c1-11-4-2-5-12(8-11)9-18(16)10-13(15)14-6-3-7-17-14/h2-8H,9-10H2,1H3. The lowest BCUT2D eigenvalue weighted by atomic mass is 10.2. The number of carbonyl (C=O) groups excluding carboxylic acids is 1. The average molecular weight is 262 g/mol. The molecule has 1 unspecified atom stereocenters. The normalized spacial score (nSPS) is 12.3. The minimum atomic E-state index is -1.20. The van der Waals surface area contributed by atoms with Crippen LogP contribution in [0.5, 0.6) is 0 Å². The lowest BCUT2D eigenvalue weighted by molar-refractivity contribution is 0.0991. The summed E-state index contributed by atoms with van der Waals surface area (Å²) in [5.41, 5.74) is 2.11. The fourth-order valence-electron chi connectivity index (χ4n) is 1.69. The van der Waals surface area contributed by atoms with Crippen LogP contribution in [0.3, 0.4) is 0 Å². The van der Waals surface area contributed by atoms with Crippen molar-refractivity contribution >= 4 is 16.6 Å². The van der Waals surface area contributed by atoms with Crippen molar-refractivity contribution < 1.29 is 13.4 Å². The van der Waals surface area contributed by atoms with Crippen molar-refractivity contribution in [3.05, 3.63) is 59.5 Å². The minimum Gasteiger partial charge on any atom is -0.461 e. The van der Waals surface area contributed by atoms with Crippen molar-refractivity contribution in [2.24, 2.45) is 0 Å². The van der Waals surface area contributed by atoms with Gasteiger partial charge in [-0.05, 0) is 24.6 Å². The zero-order chi connectivity index (χ0) is 13.0. The molecule has 0 fully saturated rings. The Morgan fingerprint density at radius 3 is 2.78 bits per heavy atom. The monoisotopic (exact) mass is 262 g/mol. The molecular formula is C14H14O3S. The first-order valence-corrected chi connectivity index (χ1v) is 7.11. The maximum absolute atomic E-state index is 11.9. The van der Waals surface area contributed by atoms with E-state index in [1.807, 2.05) is 31.2 Å². The van der Waals surface area contributed by atoms with Gasteiger partial charge in [-0.2, -0.15) is 0 Å². The summed E-state index contributed by atoms with van der Waals surface area (Å²) in [6.07, 6.45) is 1.44. The molecule has 0 aliphatic rings. The molecule has 2 aromatic rings. The molecule has 2 rings (SSSR count). The van der Waals surface area contributed by atoms with E-state index >= 15 is 0 Å². The van der Waals surface area contributed by atoms with Gasteiger partial charge in [0.2, 0.25) is 5.78 Å². The molecule has 4 heteroatoms. The van der Waals surface area contributed by atoms with Crippen molar-refractivity contribution in [2.45, 2.75) is 12.7 Å². The second-order valence-corrected chi connectivity index (χ2v) is 5.58. The smallest absolute Gasteiger partial charge is 0.210 e. The molecule has 0 bridgehead atoms. The van der Waals surface area contributed by atoms with Gasteiger partial charge in [0.1, 0.15) is 0 Å². The van der Waals surface area contributed by atoms with Crippen LogP contribution in [0.2, 0.25) is 0 Å². The van der Waals surface area contributed by atoms with Crippen molar-refractivity contribution in [3.8, 4) is 0 Å². The van der Waals surface area contributed by atoms with Crippen molar-refractivity contribution in [3.63, 3.8) is 0 Å². The summed E-state index contributed by atoms with van der Waals surface area (Å²) < 4.78 is 16.9. The minimum absolute atomic E-state index is 0.00144. The molecule has 18 heavy (non-hydrogen) atoms. The van der Waals surface area contributed by atoms with Crippen LogP contribution in [0.1, 0.15) is 21.7 Å². The van der Waals surface area contributed by atoms with Gasteiger partial charge in [0.15, 0.2) is 5.76 Å². The summed E-state index contributed by atoms with van der Waals surface area (Å²) in [7, 11) is -1.20. The average Bonchev–Trinajstić information content (AvgIpc) is 2.81. The van der Waals surface area contributed by atoms with E-state index in [1.165, 1.54) is 6.26 Å². The van der Waals surface area contributed by atoms with Gasteiger partial charge >= 0.3 is 0 Å². The molecule has 1 aromatic heterocycles. The molecule has 1 atom stereocenters. The van der Waals surface area contributed by atoms with E-state index in [4.69, 9.17) is 4.42 Å². The van der Waals surface area contributed by atoms with Gasteiger partial charge in [-0.1, -0.05) is 29.8 Å². The molecule has 1 heterocycles. The fraction of sp³-hybridized carbons (Fsp3) is 0.214. The molecule has 0 aliphatic carbocycles. The first-order valence-electron chi connectivity index (χ1n) is 5.62. The number of carbonyl (C=O) groups is 1. The topological polar surface area (TPSA) is 47.3 Å². The van der Waals surface area contributed by atoms with Crippen LogP contribution in [0.25, 0.3) is 0 Å². The number of ketones is 1. The highest BCUT2D eigenvalue weighted by molar-refractivity contribution is 7.85. The molecule has 0 saturated carbocycles. The molecule has 0 saturated heterocycles. The predicted octanol–water partition coefficient (Wildman–Crippen LogP) is 2.72. The summed E-state index contributed by atoms with van der Waals surface area (Å²) in [5.74, 6) is 0.453. The van der Waals surface area contributed by atoms with E-state index < -0.39 is 10.8 Å². The number of benzene rings is 1. The number of hydrogen-bond acceptors (Lipinski definition) is 3. The quantitative estimate of drug-likeness (QED) is 0.778. The van der Waals surface area contributed by atoms with Gasteiger partial charge < -0.3 is 4.42 Å². The Bertz CT molecular complexity index is 558. The van der Waals surface area contributed by atoms with E-state index in [0.717, 1.165) is 11.1 Å². The summed E-state index contributed by atoms with van der Waals surface area (Å²) in [5, 5.41) is 0. The van der Waals surface area contributed by atoms with E-state index in [1.54, 1.807) is 12.1 Å². The highest BCUT2D eigenvalue weighted by Gasteiger charge is 2.13. The van der Waals surface area contributed by atoms with E-state index in [9.17, 15) is 9.00 Å². The van der Waals surface area contributed by atoms with Gasteiger partial charge in [0.25, 0.3) is 0 Å². The van der Waals surface area contributed by atoms with Gasteiger partial charge in [-0.3, -0.25) is 9.00 Å². The molecule has 1 aromatic carbocycles. The summed E-state index contributed by atoms with van der Waals surface area (Å²) in [4.78, 5) is 11.7. The van der Waals surface area contributed by atoms with Crippen molar-refractivity contribution in [1.29, 1.82) is 0 Å². The Kier molecular flexibility index (Phi) is 4.10. The Morgan fingerprint density at radius 2 is 2.11 bits per heavy atom. The van der Waals surface area contributed by atoms with E-state index in [2.05, 4.69) is 0 Å². The third-order valence-corrected chi connectivity index (χ3v) is 3.74. The third-order valence-electron chi connectivity index (χ3n) is 2.50. The number of furan rings is 1. The number of hydrogen-bond donors (Lipinski definition) is 0. The molecular weight excluding hydrogens is 248 g/mol. The SMILES string of the molecule is Cc1cccc(CS(=O)CC(=O)c2ccco2)c1. The van der Waals surface area contributed by atoms with Crippen LogP contribution >= 0.6 is 0 Å². The molecule has 0 N–H and O–H groups in total. The van der Waals surface area contributed by atoms with Crippen LogP contribution in [0.4, 0.5) is 0 Å². The molecule has 0 aliphatic heterocycles. The van der Waals surface area contributed by atoms with Crippen LogP contribution in [-0.4, -0.2) is 15.7 Å². The van der Waals surface area contributed by atoms with Crippen LogP contribution in [0.15, 0.2) is 47.1 Å². The zero-order valence-electron chi connectivity index (χ0n) is 10.1. The van der Waals surface area contributed by atoms with Crippen LogP contribution in [-0.2, 0) is 16.6 Å². The molecule has 3 nitrogen and oxygen atoms in total. The maximum Gasteiger partial charge on any atom is 0.210 e. The summed E-state index contributed by atoms with van der Waals surface area (Å²) >= 11 is 0. The van der Waals surface area contributed by atoms with Crippen molar-refractivity contribution in [2.75, 3.05) is 5.75 Å². The second kappa shape index (κ2) is 5.78. The lowest BCUT2D eigenvalue weighted by Crippen LogP contribution is -2.11. The first-order chi connectivity index (χ1) is 8.65. The van der Waals surface area contributed by atoms with Gasteiger partial charge in [0, 0.05) is 16.6 Å².